The van der Waals surface area contributed by atoms with E-state index in [1.807, 2.05) is 12.1 Å². The molecule has 0 saturated heterocycles. The second kappa shape index (κ2) is 18.8. The molecule has 0 bridgehead atoms. The van der Waals surface area contributed by atoms with Gasteiger partial charge in [-0.05, 0) is 50.2 Å². The fraction of sp³-hybridized carbons (Fsp3) is 0.211. The van der Waals surface area contributed by atoms with E-state index in [4.69, 9.17) is 18.9 Å². The summed E-state index contributed by atoms with van der Waals surface area (Å²) >= 11 is 0. The first-order valence-corrected chi connectivity index (χ1v) is 17.7. The van der Waals surface area contributed by atoms with Crippen molar-refractivity contribution >= 4 is 34.1 Å². The number of ether oxygens (including phenoxy) is 4. The molecule has 58 heavy (non-hydrogen) atoms. The Labute approximate surface area is 328 Å². The molecule has 0 radical (unpaired) electrons. The molecular weight excluding hydrogens is 756 g/mol. The Morgan fingerprint density at radius 2 is 0.931 bits per heavy atom. The number of benzene rings is 4. The van der Waals surface area contributed by atoms with Crippen LogP contribution >= 0.6 is 0 Å². The Hall–Kier alpha value is -7.58. The molecule has 0 amide bonds. The van der Waals surface area contributed by atoms with Crippen LogP contribution in [-0.2, 0) is 9.47 Å². The number of nitrogens with one attached hydrogen (secondary N) is 2. The largest absolute Gasteiger partial charge is 0.489 e. The molecule has 0 aliphatic heterocycles. The zero-order valence-corrected chi connectivity index (χ0v) is 31.1. The highest BCUT2D eigenvalue weighted by atomic mass is 16.6. The van der Waals surface area contributed by atoms with Crippen molar-refractivity contribution in [3.63, 3.8) is 0 Å². The molecule has 0 spiro atoms. The monoisotopic (exact) mass is 792 g/mol. The summed E-state index contributed by atoms with van der Waals surface area (Å²) in [6.45, 7) is 3.88. The molecule has 0 unspecified atom stereocenters. The number of H-pyrrole nitrogens is 2. The van der Waals surface area contributed by atoms with E-state index in [1.54, 1.807) is 62.4 Å². The lowest BCUT2D eigenvalue weighted by Crippen LogP contribution is -2.14. The molecule has 0 atom stereocenters. The second-order valence-corrected chi connectivity index (χ2v) is 12.3. The van der Waals surface area contributed by atoms with Crippen LogP contribution in [0.25, 0.3) is 11.4 Å². The fourth-order valence-electron chi connectivity index (χ4n) is 5.41. The maximum atomic E-state index is 13.0. The van der Waals surface area contributed by atoms with E-state index in [1.165, 1.54) is 45.8 Å². The Kier molecular flexibility index (Phi) is 13.0. The quantitative estimate of drug-likeness (QED) is 0.0356. The molecule has 4 aromatic carbocycles. The van der Waals surface area contributed by atoms with Gasteiger partial charge in [-0.15, -0.1) is 20.5 Å². The van der Waals surface area contributed by atoms with Crippen LogP contribution in [0.1, 0.15) is 11.4 Å². The first-order valence-electron chi connectivity index (χ1n) is 17.7. The second-order valence-electron chi connectivity index (χ2n) is 12.3. The lowest BCUT2D eigenvalue weighted by Gasteiger charge is -2.10. The highest BCUT2D eigenvalue weighted by Crippen LogP contribution is 2.34. The summed E-state index contributed by atoms with van der Waals surface area (Å²) in [4.78, 5) is 47.8. The van der Waals surface area contributed by atoms with Crippen LogP contribution in [-0.4, -0.2) is 69.0 Å². The first-order chi connectivity index (χ1) is 28.1. The zero-order chi connectivity index (χ0) is 41.0. The summed E-state index contributed by atoms with van der Waals surface area (Å²) in [5.41, 5.74) is 1.35. The van der Waals surface area contributed by atoms with E-state index in [-0.39, 0.29) is 85.3 Å². The third-order valence-corrected chi connectivity index (χ3v) is 8.28. The van der Waals surface area contributed by atoms with Gasteiger partial charge in [0.05, 0.1) is 71.2 Å². The molecular formula is C38H36N10O10. The Balaban J connectivity index is 0.982. The first kappa shape index (κ1) is 40.1. The minimum Gasteiger partial charge on any atom is -0.489 e. The van der Waals surface area contributed by atoms with Crippen LogP contribution in [0.15, 0.2) is 127 Å². The molecule has 2 N–H and O–H groups in total. The van der Waals surface area contributed by atoms with Crippen LogP contribution in [0.2, 0.25) is 0 Å². The van der Waals surface area contributed by atoms with Crippen LogP contribution in [0.5, 0.6) is 11.5 Å². The fourth-order valence-corrected chi connectivity index (χ4v) is 5.41. The van der Waals surface area contributed by atoms with Crippen molar-refractivity contribution in [2.24, 2.45) is 20.5 Å². The van der Waals surface area contributed by atoms with Crippen molar-refractivity contribution in [2.75, 3.05) is 39.6 Å². The summed E-state index contributed by atoms with van der Waals surface area (Å²) < 4.78 is 25.3. The number of aromatic nitrogens is 4. The zero-order valence-electron chi connectivity index (χ0n) is 31.1. The van der Waals surface area contributed by atoms with E-state index in [2.05, 4.69) is 30.7 Å². The van der Waals surface area contributed by atoms with Crippen molar-refractivity contribution in [1.82, 2.24) is 19.6 Å². The third kappa shape index (κ3) is 9.80. The van der Waals surface area contributed by atoms with Gasteiger partial charge < -0.3 is 18.9 Å². The Morgan fingerprint density at radius 3 is 1.31 bits per heavy atom. The van der Waals surface area contributed by atoms with Gasteiger partial charge in [-0.1, -0.05) is 36.4 Å². The molecule has 20 nitrogen and oxygen atoms in total. The predicted molar refractivity (Wildman–Crippen MR) is 209 cm³/mol. The minimum atomic E-state index is -0.571. The summed E-state index contributed by atoms with van der Waals surface area (Å²) in [5, 5.41) is 45.4. The maximum Gasteiger partial charge on any atom is 0.299 e. The summed E-state index contributed by atoms with van der Waals surface area (Å²) in [6, 6.07) is 25.5. The summed E-state index contributed by atoms with van der Waals surface area (Å²) in [6.07, 6.45) is 0. The number of aromatic amines is 2. The standard InChI is InChI=1S/C38H36N10O10/c1-25-35(37(49)45(43-25)27-9-5-3-6-10-27)41-39-31-15-13-29(47(51)52)23-33(31)57-21-19-55-17-18-56-20-22-58-34-24-30(48(53)54)14-16-32(34)40-42-36-26(2)44-46(38(36)50)28-11-7-4-8-12-28/h3-16,23-24,43-44H,17-22H2,1-2H3. The molecule has 20 heteroatoms. The molecule has 6 rings (SSSR count). The molecule has 298 valence electrons. The average Bonchev–Trinajstić information content (AvgIpc) is 3.68. The number of nitro benzene ring substituents is 2. The van der Waals surface area contributed by atoms with Gasteiger partial charge in [-0.3, -0.25) is 40.0 Å². The molecule has 0 aliphatic carbocycles. The Morgan fingerprint density at radius 1 is 0.552 bits per heavy atom. The van der Waals surface area contributed by atoms with E-state index >= 15 is 0 Å². The van der Waals surface area contributed by atoms with Gasteiger partial charge in [0.15, 0.2) is 22.9 Å². The van der Waals surface area contributed by atoms with Crippen LogP contribution in [0.4, 0.5) is 34.1 Å². The van der Waals surface area contributed by atoms with Gasteiger partial charge in [0, 0.05) is 12.1 Å². The van der Waals surface area contributed by atoms with Gasteiger partial charge >= 0.3 is 0 Å². The van der Waals surface area contributed by atoms with Gasteiger partial charge in [0.1, 0.15) is 24.6 Å². The average molecular weight is 793 g/mol. The number of nitrogens with zero attached hydrogens (tertiary/aromatic N) is 8. The molecule has 2 aromatic heterocycles. The lowest BCUT2D eigenvalue weighted by molar-refractivity contribution is -0.385. The van der Waals surface area contributed by atoms with E-state index < -0.39 is 21.0 Å². The smallest absolute Gasteiger partial charge is 0.299 e. The van der Waals surface area contributed by atoms with Crippen molar-refractivity contribution in [3.8, 4) is 22.9 Å². The van der Waals surface area contributed by atoms with Gasteiger partial charge in [-0.2, -0.15) is 0 Å². The summed E-state index contributed by atoms with van der Waals surface area (Å²) in [5.74, 6) is 0.137. The molecule has 6 aromatic rings. The van der Waals surface area contributed by atoms with Crippen LogP contribution in [0, 0.1) is 34.1 Å². The third-order valence-electron chi connectivity index (χ3n) is 8.28. The van der Waals surface area contributed by atoms with Crippen molar-refractivity contribution in [2.45, 2.75) is 13.8 Å². The van der Waals surface area contributed by atoms with Gasteiger partial charge in [0.2, 0.25) is 0 Å². The van der Waals surface area contributed by atoms with Gasteiger partial charge in [-0.25, -0.2) is 9.36 Å². The minimum absolute atomic E-state index is 0.00326. The highest BCUT2D eigenvalue weighted by molar-refractivity contribution is 5.58. The van der Waals surface area contributed by atoms with Crippen molar-refractivity contribution in [1.29, 1.82) is 0 Å². The number of hydrogen-bond acceptors (Lipinski definition) is 14. The highest BCUT2D eigenvalue weighted by Gasteiger charge is 2.17. The number of nitro groups is 2. The normalized spacial score (nSPS) is 11.4. The molecule has 0 saturated carbocycles. The van der Waals surface area contributed by atoms with E-state index in [0.29, 0.717) is 22.8 Å². The lowest BCUT2D eigenvalue weighted by atomic mass is 10.2. The Bertz CT molecular complexity index is 2390. The SMILES string of the molecule is Cc1[nH]n(-c2ccccc2)c(=O)c1N=Nc1ccc([N+](=O)[O-])cc1OCCOCCOCCOc1cc([N+](=O)[O-])ccc1N=Nc1c(C)[nH]n(-c2ccccc2)c1=O. The summed E-state index contributed by atoms with van der Waals surface area (Å²) in [7, 11) is 0. The number of non-ortho nitro benzene ring substituents is 2. The van der Waals surface area contributed by atoms with E-state index in [0.717, 1.165) is 0 Å². The maximum absolute atomic E-state index is 13.0. The van der Waals surface area contributed by atoms with E-state index in [9.17, 15) is 29.8 Å². The topological polar surface area (TPSA) is 248 Å². The van der Waals surface area contributed by atoms with Crippen LogP contribution in [0.3, 0.4) is 0 Å². The van der Waals surface area contributed by atoms with Crippen molar-refractivity contribution < 1.29 is 28.8 Å². The number of para-hydroxylation sites is 2. The van der Waals surface area contributed by atoms with Crippen LogP contribution < -0.4 is 20.6 Å². The molecule has 0 aliphatic rings. The number of azo groups is 2. The number of rotatable bonds is 19. The predicted octanol–water partition coefficient (Wildman–Crippen LogP) is 7.40. The molecule has 2 heterocycles. The number of hydrogen-bond donors (Lipinski definition) is 2. The number of aryl methyl sites for hydroxylation is 2. The van der Waals surface area contributed by atoms with Crippen molar-refractivity contribution in [3.05, 3.63) is 149 Å². The van der Waals surface area contributed by atoms with Gasteiger partial charge in [0.25, 0.3) is 22.5 Å². The molecule has 0 fully saturated rings.